The molecule has 2 heterocycles. The summed E-state index contributed by atoms with van der Waals surface area (Å²) in [5, 5.41) is 0. The normalized spacial score (nSPS) is 32.5. The van der Waals surface area contributed by atoms with E-state index >= 15 is 0 Å². The van der Waals surface area contributed by atoms with E-state index in [1.807, 2.05) is 0 Å². The molecule has 2 aliphatic rings. The van der Waals surface area contributed by atoms with Crippen molar-refractivity contribution in [2.24, 2.45) is 0 Å². The number of rotatable bonds is 4. The van der Waals surface area contributed by atoms with Crippen molar-refractivity contribution in [2.75, 3.05) is 13.7 Å². The van der Waals surface area contributed by atoms with Gasteiger partial charge in [0.15, 0.2) is 6.29 Å². The molecule has 2 saturated heterocycles. The Hall–Kier alpha value is -1.08. The second-order valence-electron chi connectivity index (χ2n) is 4.97. The lowest BCUT2D eigenvalue weighted by Crippen LogP contribution is -2.44. The highest BCUT2D eigenvalue weighted by Gasteiger charge is 2.44. The Morgan fingerprint density at radius 2 is 2.15 bits per heavy atom. The smallest absolute Gasteiger partial charge is 0.184 e. The molecular formula is C14H16F2O4. The van der Waals surface area contributed by atoms with Crippen LogP contribution in [0.15, 0.2) is 18.2 Å². The van der Waals surface area contributed by atoms with Gasteiger partial charge in [0.1, 0.15) is 23.8 Å². The number of benzene rings is 1. The average Bonchev–Trinajstić information content (AvgIpc) is 2.85. The van der Waals surface area contributed by atoms with Crippen molar-refractivity contribution in [2.45, 2.75) is 37.6 Å². The van der Waals surface area contributed by atoms with Gasteiger partial charge in [-0.15, -0.1) is 0 Å². The van der Waals surface area contributed by atoms with Gasteiger partial charge in [-0.05, 0) is 6.07 Å². The Labute approximate surface area is 115 Å². The van der Waals surface area contributed by atoms with E-state index in [1.54, 1.807) is 7.11 Å². The molecule has 0 spiro atoms. The predicted molar refractivity (Wildman–Crippen MR) is 65.0 cm³/mol. The summed E-state index contributed by atoms with van der Waals surface area (Å²) in [4.78, 5) is 0. The van der Waals surface area contributed by atoms with Gasteiger partial charge in [-0.3, -0.25) is 0 Å². The van der Waals surface area contributed by atoms with Crippen LogP contribution >= 0.6 is 0 Å². The zero-order valence-corrected chi connectivity index (χ0v) is 11.1. The Kier molecular flexibility index (Phi) is 3.98. The Bertz CT molecular complexity index is 482. The number of fused-ring (bicyclic) bond motifs is 2. The first kappa shape index (κ1) is 13.9. The number of hydrogen-bond donors (Lipinski definition) is 0. The molecule has 4 atom stereocenters. The molecule has 1 aromatic rings. The molecule has 2 aliphatic heterocycles. The SMILES string of the molecule is CO[C@@H]1C[C@H](OCc2ccc(F)cc2F)[C@H]2CO[C@@H]1O2. The lowest BCUT2D eigenvalue weighted by molar-refractivity contribution is -0.201. The Balaban J connectivity index is 1.63. The van der Waals surface area contributed by atoms with Crippen molar-refractivity contribution in [3.8, 4) is 0 Å². The van der Waals surface area contributed by atoms with Crippen molar-refractivity contribution >= 4 is 0 Å². The van der Waals surface area contributed by atoms with Crippen LogP contribution in [0.3, 0.4) is 0 Å². The minimum atomic E-state index is -0.606. The molecule has 110 valence electrons. The number of halogens is 2. The van der Waals surface area contributed by atoms with Gasteiger partial charge in [0.05, 0.1) is 19.3 Å². The van der Waals surface area contributed by atoms with Gasteiger partial charge in [0.25, 0.3) is 0 Å². The molecule has 0 saturated carbocycles. The lowest BCUT2D eigenvalue weighted by Gasteiger charge is -2.32. The summed E-state index contributed by atoms with van der Waals surface area (Å²) in [6, 6.07) is 3.45. The summed E-state index contributed by atoms with van der Waals surface area (Å²) in [7, 11) is 1.59. The molecule has 2 bridgehead atoms. The van der Waals surface area contributed by atoms with E-state index < -0.39 is 11.6 Å². The second kappa shape index (κ2) is 5.73. The van der Waals surface area contributed by atoms with Crippen LogP contribution in [-0.4, -0.2) is 38.3 Å². The van der Waals surface area contributed by atoms with E-state index in [1.165, 1.54) is 12.1 Å². The first-order valence-electron chi connectivity index (χ1n) is 6.53. The highest BCUT2D eigenvalue weighted by atomic mass is 19.1. The van der Waals surface area contributed by atoms with Crippen LogP contribution < -0.4 is 0 Å². The van der Waals surface area contributed by atoms with Gasteiger partial charge >= 0.3 is 0 Å². The van der Waals surface area contributed by atoms with Crippen LogP contribution in [-0.2, 0) is 25.6 Å². The second-order valence-corrected chi connectivity index (χ2v) is 4.97. The highest BCUT2D eigenvalue weighted by molar-refractivity contribution is 5.17. The first-order valence-corrected chi connectivity index (χ1v) is 6.53. The molecule has 0 aromatic heterocycles. The Morgan fingerprint density at radius 3 is 2.90 bits per heavy atom. The molecule has 0 unspecified atom stereocenters. The van der Waals surface area contributed by atoms with E-state index in [-0.39, 0.29) is 31.2 Å². The van der Waals surface area contributed by atoms with Crippen LogP contribution in [0, 0.1) is 11.6 Å². The number of ether oxygens (including phenoxy) is 4. The topological polar surface area (TPSA) is 36.9 Å². The van der Waals surface area contributed by atoms with Crippen molar-refractivity contribution in [3.63, 3.8) is 0 Å². The molecular weight excluding hydrogens is 270 g/mol. The van der Waals surface area contributed by atoms with E-state index in [4.69, 9.17) is 18.9 Å². The molecule has 0 amide bonds. The monoisotopic (exact) mass is 286 g/mol. The third-order valence-electron chi connectivity index (χ3n) is 3.69. The van der Waals surface area contributed by atoms with E-state index in [2.05, 4.69) is 0 Å². The van der Waals surface area contributed by atoms with Crippen LogP contribution in [0.2, 0.25) is 0 Å². The van der Waals surface area contributed by atoms with Gasteiger partial charge < -0.3 is 18.9 Å². The van der Waals surface area contributed by atoms with Crippen LogP contribution in [0.4, 0.5) is 8.78 Å². The summed E-state index contributed by atoms with van der Waals surface area (Å²) in [5.74, 6) is -1.20. The predicted octanol–water partition coefficient (Wildman–Crippen LogP) is 2.01. The van der Waals surface area contributed by atoms with Gasteiger partial charge in [-0.25, -0.2) is 8.78 Å². The van der Waals surface area contributed by atoms with Crippen LogP contribution in [0.25, 0.3) is 0 Å². The molecule has 6 heteroatoms. The Morgan fingerprint density at radius 1 is 1.30 bits per heavy atom. The fourth-order valence-electron chi connectivity index (χ4n) is 2.54. The van der Waals surface area contributed by atoms with E-state index in [0.717, 1.165) is 6.07 Å². The van der Waals surface area contributed by atoms with Gasteiger partial charge in [0.2, 0.25) is 0 Å². The quantitative estimate of drug-likeness (QED) is 0.848. The maximum atomic E-state index is 13.5. The van der Waals surface area contributed by atoms with Crippen molar-refractivity contribution in [1.29, 1.82) is 0 Å². The number of methoxy groups -OCH3 is 1. The minimum Gasteiger partial charge on any atom is -0.376 e. The van der Waals surface area contributed by atoms with Crippen molar-refractivity contribution in [3.05, 3.63) is 35.4 Å². The fourth-order valence-corrected chi connectivity index (χ4v) is 2.54. The maximum Gasteiger partial charge on any atom is 0.184 e. The first-order chi connectivity index (χ1) is 9.67. The molecule has 3 rings (SSSR count). The molecule has 1 aromatic carbocycles. The van der Waals surface area contributed by atoms with Gasteiger partial charge in [-0.1, -0.05) is 6.07 Å². The molecule has 0 aliphatic carbocycles. The summed E-state index contributed by atoms with van der Waals surface area (Å²) < 4.78 is 48.4. The van der Waals surface area contributed by atoms with Crippen molar-refractivity contribution < 1.29 is 27.7 Å². The van der Waals surface area contributed by atoms with Crippen LogP contribution in [0.1, 0.15) is 12.0 Å². The summed E-state index contributed by atoms with van der Waals surface area (Å²) >= 11 is 0. The largest absolute Gasteiger partial charge is 0.376 e. The van der Waals surface area contributed by atoms with Gasteiger partial charge in [-0.2, -0.15) is 0 Å². The molecule has 4 nitrogen and oxygen atoms in total. The van der Waals surface area contributed by atoms with Crippen LogP contribution in [0.5, 0.6) is 0 Å². The lowest BCUT2D eigenvalue weighted by atomic mass is 10.0. The zero-order chi connectivity index (χ0) is 14.1. The third kappa shape index (κ3) is 2.69. The highest BCUT2D eigenvalue weighted by Crippen LogP contribution is 2.31. The maximum absolute atomic E-state index is 13.5. The molecule has 0 radical (unpaired) electrons. The van der Waals surface area contributed by atoms with E-state index in [0.29, 0.717) is 18.6 Å². The fraction of sp³-hybridized carbons (Fsp3) is 0.571. The van der Waals surface area contributed by atoms with Crippen molar-refractivity contribution in [1.82, 2.24) is 0 Å². The average molecular weight is 286 g/mol. The van der Waals surface area contributed by atoms with E-state index in [9.17, 15) is 8.78 Å². The summed E-state index contributed by atoms with van der Waals surface area (Å²) in [6.45, 7) is 0.513. The standard InChI is InChI=1S/C14H16F2O4/c1-17-12-5-11(13-7-19-14(12)20-13)18-6-8-2-3-9(15)4-10(8)16/h2-4,11-14H,5-7H2,1H3/t11-,12+,13+,14+/m0/s1. The minimum absolute atomic E-state index is 0.0672. The summed E-state index contributed by atoms with van der Waals surface area (Å²) in [5.41, 5.74) is 0.321. The zero-order valence-electron chi connectivity index (χ0n) is 11.1. The van der Waals surface area contributed by atoms with Gasteiger partial charge in [0, 0.05) is 25.2 Å². The molecule has 2 fully saturated rings. The third-order valence-corrected chi connectivity index (χ3v) is 3.69. The number of hydrogen-bond acceptors (Lipinski definition) is 4. The molecule has 20 heavy (non-hydrogen) atoms. The summed E-state index contributed by atoms with van der Waals surface area (Å²) in [6.07, 6.45) is -0.267. The molecule has 0 N–H and O–H groups in total.